The third-order valence-electron chi connectivity index (χ3n) is 5.51. The molecule has 2 aromatic rings. The Morgan fingerprint density at radius 1 is 1.23 bits per heavy atom. The van der Waals surface area contributed by atoms with Gasteiger partial charge in [-0.15, -0.1) is 24.0 Å². The summed E-state index contributed by atoms with van der Waals surface area (Å²) in [6.07, 6.45) is 2.37. The molecule has 0 bridgehead atoms. The van der Waals surface area contributed by atoms with Gasteiger partial charge in [0, 0.05) is 44.0 Å². The standard InChI is InChI=1S/C23H29N5O2.HI/c1-24-23(26-18-11-13-28(16-18)19-5-3-2-4-6-19)25-12-14-30-20-8-9-21-17(15-20)7-10-22(29)27-21;/h2-6,8-9,15,18H,7,10-14,16H2,1H3,(H,27,29)(H2,24,25,26);1H. The molecule has 1 fully saturated rings. The molecule has 1 amide bonds. The Labute approximate surface area is 200 Å². The molecule has 0 spiro atoms. The summed E-state index contributed by atoms with van der Waals surface area (Å²) in [5.74, 6) is 1.70. The van der Waals surface area contributed by atoms with Crippen LogP contribution in [-0.4, -0.2) is 51.2 Å². The lowest BCUT2D eigenvalue weighted by molar-refractivity contribution is -0.116. The normalized spacial score (nSPS) is 18.0. The predicted molar refractivity (Wildman–Crippen MR) is 136 cm³/mol. The maximum atomic E-state index is 11.5. The first-order valence-corrected chi connectivity index (χ1v) is 10.5. The van der Waals surface area contributed by atoms with E-state index in [0.717, 1.165) is 48.9 Å². The summed E-state index contributed by atoms with van der Waals surface area (Å²) in [6, 6.07) is 16.7. The van der Waals surface area contributed by atoms with E-state index in [2.05, 4.69) is 50.1 Å². The summed E-state index contributed by atoms with van der Waals surface area (Å²) >= 11 is 0. The van der Waals surface area contributed by atoms with E-state index >= 15 is 0 Å². The molecule has 2 aliphatic heterocycles. The number of aliphatic imine (C=N–C) groups is 1. The Hall–Kier alpha value is -2.49. The predicted octanol–water partition coefficient (Wildman–Crippen LogP) is 3.01. The van der Waals surface area contributed by atoms with Gasteiger partial charge in [-0.3, -0.25) is 9.79 Å². The number of aryl methyl sites for hydroxylation is 1. The zero-order valence-electron chi connectivity index (χ0n) is 17.8. The van der Waals surface area contributed by atoms with E-state index in [1.165, 1.54) is 5.69 Å². The van der Waals surface area contributed by atoms with E-state index in [1.807, 2.05) is 24.3 Å². The van der Waals surface area contributed by atoms with Crippen molar-refractivity contribution in [1.29, 1.82) is 0 Å². The van der Waals surface area contributed by atoms with Crippen LogP contribution in [-0.2, 0) is 11.2 Å². The number of hydrogen-bond donors (Lipinski definition) is 3. The number of fused-ring (bicyclic) bond motifs is 1. The van der Waals surface area contributed by atoms with Gasteiger partial charge in [-0.2, -0.15) is 0 Å². The van der Waals surface area contributed by atoms with Crippen LogP contribution in [0.1, 0.15) is 18.4 Å². The first-order valence-electron chi connectivity index (χ1n) is 10.5. The lowest BCUT2D eigenvalue weighted by atomic mass is 10.0. The highest BCUT2D eigenvalue weighted by molar-refractivity contribution is 14.0. The number of rotatable bonds is 6. The Balaban J connectivity index is 0.00000272. The quantitative estimate of drug-likeness (QED) is 0.230. The Bertz CT molecular complexity index is 906. The second-order valence-corrected chi connectivity index (χ2v) is 7.63. The van der Waals surface area contributed by atoms with Crippen LogP contribution >= 0.6 is 24.0 Å². The van der Waals surface area contributed by atoms with Crippen LogP contribution in [0.3, 0.4) is 0 Å². The molecule has 166 valence electrons. The second kappa shape index (κ2) is 11.2. The molecule has 1 unspecified atom stereocenters. The molecule has 31 heavy (non-hydrogen) atoms. The molecule has 4 rings (SSSR count). The van der Waals surface area contributed by atoms with Gasteiger partial charge in [-0.05, 0) is 48.7 Å². The molecule has 0 saturated carbocycles. The van der Waals surface area contributed by atoms with Crippen molar-refractivity contribution in [2.24, 2.45) is 4.99 Å². The van der Waals surface area contributed by atoms with Crippen molar-refractivity contribution in [1.82, 2.24) is 10.6 Å². The number of benzene rings is 2. The number of guanidine groups is 1. The molecule has 0 aromatic heterocycles. The van der Waals surface area contributed by atoms with Crippen molar-refractivity contribution in [3.8, 4) is 5.75 Å². The number of carbonyl (C=O) groups is 1. The summed E-state index contributed by atoms with van der Waals surface area (Å²) < 4.78 is 5.87. The summed E-state index contributed by atoms with van der Waals surface area (Å²) in [4.78, 5) is 18.2. The monoisotopic (exact) mass is 535 g/mol. The summed E-state index contributed by atoms with van der Waals surface area (Å²) in [7, 11) is 1.79. The number of hydrogen-bond acceptors (Lipinski definition) is 4. The van der Waals surface area contributed by atoms with Gasteiger partial charge in [0.05, 0.1) is 6.54 Å². The highest BCUT2D eigenvalue weighted by Gasteiger charge is 2.23. The van der Waals surface area contributed by atoms with E-state index in [9.17, 15) is 4.79 Å². The van der Waals surface area contributed by atoms with Gasteiger partial charge in [-0.25, -0.2) is 0 Å². The minimum atomic E-state index is 0. The van der Waals surface area contributed by atoms with Crippen LogP contribution in [0.4, 0.5) is 11.4 Å². The Morgan fingerprint density at radius 2 is 2.06 bits per heavy atom. The van der Waals surface area contributed by atoms with E-state index in [0.29, 0.717) is 25.6 Å². The number of ether oxygens (including phenoxy) is 1. The van der Waals surface area contributed by atoms with Crippen LogP contribution in [0.15, 0.2) is 53.5 Å². The van der Waals surface area contributed by atoms with Crippen LogP contribution in [0.2, 0.25) is 0 Å². The van der Waals surface area contributed by atoms with Gasteiger partial charge in [0.1, 0.15) is 12.4 Å². The lowest BCUT2D eigenvalue weighted by Crippen LogP contribution is -2.45. The van der Waals surface area contributed by atoms with E-state index in [4.69, 9.17) is 4.74 Å². The first kappa shape index (κ1) is 23.2. The summed E-state index contributed by atoms with van der Waals surface area (Å²) in [6.45, 7) is 3.20. The minimum absolute atomic E-state index is 0. The third kappa shape index (κ3) is 6.25. The average molecular weight is 535 g/mol. The Morgan fingerprint density at radius 3 is 2.87 bits per heavy atom. The molecule has 0 aliphatic carbocycles. The van der Waals surface area contributed by atoms with E-state index < -0.39 is 0 Å². The van der Waals surface area contributed by atoms with Gasteiger partial charge in [0.25, 0.3) is 0 Å². The van der Waals surface area contributed by atoms with Crippen molar-refractivity contribution < 1.29 is 9.53 Å². The fourth-order valence-corrected chi connectivity index (χ4v) is 3.93. The van der Waals surface area contributed by atoms with E-state index in [1.54, 1.807) is 7.05 Å². The molecule has 2 aliphatic rings. The fourth-order valence-electron chi connectivity index (χ4n) is 3.93. The Kier molecular flexibility index (Phi) is 8.39. The maximum absolute atomic E-state index is 11.5. The SMILES string of the molecule is CN=C(NCCOc1ccc2c(c1)CCC(=O)N2)NC1CCN(c2ccccc2)C1.I. The van der Waals surface area contributed by atoms with Gasteiger partial charge in [0.15, 0.2) is 5.96 Å². The second-order valence-electron chi connectivity index (χ2n) is 7.63. The number of para-hydroxylation sites is 1. The van der Waals surface area contributed by atoms with Crippen molar-refractivity contribution in [2.45, 2.75) is 25.3 Å². The minimum Gasteiger partial charge on any atom is -0.492 e. The molecule has 2 heterocycles. The molecular weight excluding hydrogens is 505 g/mol. The first-order chi connectivity index (χ1) is 14.7. The van der Waals surface area contributed by atoms with Gasteiger partial charge >= 0.3 is 0 Å². The smallest absolute Gasteiger partial charge is 0.224 e. The molecule has 2 aromatic carbocycles. The topological polar surface area (TPSA) is 78.0 Å². The number of nitrogens with zero attached hydrogens (tertiary/aromatic N) is 2. The van der Waals surface area contributed by atoms with Crippen molar-refractivity contribution in [2.75, 3.05) is 43.5 Å². The van der Waals surface area contributed by atoms with Crippen LogP contribution in [0.25, 0.3) is 0 Å². The van der Waals surface area contributed by atoms with Crippen LogP contribution in [0.5, 0.6) is 5.75 Å². The molecule has 8 heteroatoms. The molecule has 1 atom stereocenters. The van der Waals surface area contributed by atoms with E-state index in [-0.39, 0.29) is 29.9 Å². The number of amides is 1. The fraction of sp³-hybridized carbons (Fsp3) is 0.391. The summed E-state index contributed by atoms with van der Waals surface area (Å²) in [5.41, 5.74) is 3.28. The number of anilines is 2. The van der Waals surface area contributed by atoms with Gasteiger partial charge < -0.3 is 25.6 Å². The molecule has 3 N–H and O–H groups in total. The van der Waals surface area contributed by atoms with Crippen LogP contribution in [0, 0.1) is 0 Å². The van der Waals surface area contributed by atoms with Crippen molar-refractivity contribution in [3.05, 3.63) is 54.1 Å². The number of halogens is 1. The van der Waals surface area contributed by atoms with Crippen LogP contribution < -0.4 is 25.6 Å². The zero-order chi connectivity index (χ0) is 20.8. The largest absolute Gasteiger partial charge is 0.492 e. The maximum Gasteiger partial charge on any atom is 0.224 e. The van der Waals surface area contributed by atoms with Crippen molar-refractivity contribution >= 4 is 47.2 Å². The summed E-state index contributed by atoms with van der Waals surface area (Å²) in [5, 5.41) is 9.73. The molecular formula is C23H30IN5O2. The molecule has 0 radical (unpaired) electrons. The van der Waals surface area contributed by atoms with Crippen molar-refractivity contribution in [3.63, 3.8) is 0 Å². The highest BCUT2D eigenvalue weighted by Crippen LogP contribution is 2.26. The third-order valence-corrected chi connectivity index (χ3v) is 5.51. The number of carbonyl (C=O) groups excluding carboxylic acids is 1. The van der Waals surface area contributed by atoms with Gasteiger partial charge in [0.2, 0.25) is 5.91 Å². The molecule has 7 nitrogen and oxygen atoms in total. The van der Waals surface area contributed by atoms with Gasteiger partial charge in [-0.1, -0.05) is 18.2 Å². The number of nitrogens with one attached hydrogen (secondary N) is 3. The average Bonchev–Trinajstić information content (AvgIpc) is 3.25. The zero-order valence-corrected chi connectivity index (χ0v) is 20.1. The lowest BCUT2D eigenvalue weighted by Gasteiger charge is -2.20. The molecule has 1 saturated heterocycles. The highest BCUT2D eigenvalue weighted by atomic mass is 127.